The standard InChI is InChI=1S/C15H14O4/c16-9-13-6-7-14(8-15(13)17)19-11-18-10-12-4-2-1-3-5-12/h1-9,17H,10-11H2. The van der Waals surface area contributed by atoms with E-state index >= 15 is 0 Å². The molecule has 0 heterocycles. The number of carbonyl (C=O) groups is 1. The number of ether oxygens (including phenoxy) is 2. The lowest BCUT2D eigenvalue weighted by molar-refractivity contribution is 0.00496. The Morgan fingerprint density at radius 3 is 2.58 bits per heavy atom. The summed E-state index contributed by atoms with van der Waals surface area (Å²) in [6.07, 6.45) is 0.588. The van der Waals surface area contributed by atoms with Crippen LogP contribution in [-0.2, 0) is 11.3 Å². The molecule has 0 saturated heterocycles. The molecule has 1 N–H and O–H groups in total. The Balaban J connectivity index is 1.80. The van der Waals surface area contributed by atoms with Crippen LogP contribution in [0.25, 0.3) is 0 Å². The van der Waals surface area contributed by atoms with Crippen LogP contribution in [-0.4, -0.2) is 18.2 Å². The molecule has 0 radical (unpaired) electrons. The average Bonchev–Trinajstić information content (AvgIpc) is 2.45. The number of aldehydes is 1. The molecule has 4 heteroatoms. The second kappa shape index (κ2) is 6.56. The van der Waals surface area contributed by atoms with Crippen molar-refractivity contribution in [1.29, 1.82) is 0 Å². The minimum Gasteiger partial charge on any atom is -0.507 e. The first-order chi connectivity index (χ1) is 9.29. The van der Waals surface area contributed by atoms with Gasteiger partial charge in [-0.15, -0.1) is 0 Å². The maximum absolute atomic E-state index is 10.5. The van der Waals surface area contributed by atoms with Crippen molar-refractivity contribution in [3.63, 3.8) is 0 Å². The van der Waals surface area contributed by atoms with Crippen molar-refractivity contribution >= 4 is 6.29 Å². The minimum atomic E-state index is -0.101. The molecule has 0 aliphatic rings. The Bertz CT molecular complexity index is 537. The molecule has 2 aromatic carbocycles. The fraction of sp³-hybridized carbons (Fsp3) is 0.133. The van der Waals surface area contributed by atoms with Crippen LogP contribution in [0.15, 0.2) is 48.5 Å². The van der Waals surface area contributed by atoms with Crippen molar-refractivity contribution in [2.45, 2.75) is 6.61 Å². The molecule has 0 aliphatic carbocycles. The molecule has 0 atom stereocenters. The SMILES string of the molecule is O=Cc1ccc(OCOCc2ccccc2)cc1O. The highest BCUT2D eigenvalue weighted by Gasteiger charge is 2.02. The van der Waals surface area contributed by atoms with Gasteiger partial charge in [-0.25, -0.2) is 0 Å². The van der Waals surface area contributed by atoms with Gasteiger partial charge in [0.2, 0.25) is 0 Å². The second-order valence-corrected chi connectivity index (χ2v) is 3.93. The van der Waals surface area contributed by atoms with Crippen molar-refractivity contribution in [2.75, 3.05) is 6.79 Å². The van der Waals surface area contributed by atoms with Crippen LogP contribution < -0.4 is 4.74 Å². The summed E-state index contributed by atoms with van der Waals surface area (Å²) in [6, 6.07) is 14.2. The van der Waals surface area contributed by atoms with Gasteiger partial charge in [0.05, 0.1) is 12.2 Å². The zero-order valence-corrected chi connectivity index (χ0v) is 10.3. The monoisotopic (exact) mass is 258 g/mol. The van der Waals surface area contributed by atoms with Crippen molar-refractivity contribution in [1.82, 2.24) is 0 Å². The predicted octanol–water partition coefficient (Wildman–Crippen LogP) is 2.76. The zero-order valence-electron chi connectivity index (χ0n) is 10.3. The molecule has 0 unspecified atom stereocenters. The molecule has 0 aromatic heterocycles. The number of benzene rings is 2. The van der Waals surface area contributed by atoms with Crippen LogP contribution in [0.5, 0.6) is 11.5 Å². The summed E-state index contributed by atoms with van der Waals surface area (Å²) in [5.41, 5.74) is 1.29. The number of carbonyl (C=O) groups excluding carboxylic acids is 1. The lowest BCUT2D eigenvalue weighted by atomic mass is 10.2. The minimum absolute atomic E-state index is 0.0781. The predicted molar refractivity (Wildman–Crippen MR) is 70.2 cm³/mol. The summed E-state index contributed by atoms with van der Waals surface area (Å²) in [5.74, 6) is 0.353. The van der Waals surface area contributed by atoms with Gasteiger partial charge in [-0.1, -0.05) is 30.3 Å². The summed E-state index contributed by atoms with van der Waals surface area (Å²) in [5, 5.41) is 9.47. The first-order valence-corrected chi connectivity index (χ1v) is 5.82. The van der Waals surface area contributed by atoms with Gasteiger partial charge in [0.25, 0.3) is 0 Å². The van der Waals surface area contributed by atoms with E-state index in [0.29, 0.717) is 18.6 Å². The lowest BCUT2D eigenvalue weighted by Gasteiger charge is -2.08. The Labute approximate surface area is 111 Å². The fourth-order valence-corrected chi connectivity index (χ4v) is 1.56. The maximum atomic E-state index is 10.5. The molecule has 0 saturated carbocycles. The number of phenolic OH excluding ortho intramolecular Hbond substituents is 1. The van der Waals surface area contributed by atoms with Crippen LogP contribution in [0.4, 0.5) is 0 Å². The third-order valence-corrected chi connectivity index (χ3v) is 2.55. The smallest absolute Gasteiger partial charge is 0.189 e. The first kappa shape index (κ1) is 13.1. The van der Waals surface area contributed by atoms with E-state index in [2.05, 4.69) is 0 Å². The van der Waals surface area contributed by atoms with E-state index in [4.69, 9.17) is 9.47 Å². The molecular formula is C15H14O4. The van der Waals surface area contributed by atoms with Crippen molar-refractivity contribution in [3.8, 4) is 11.5 Å². The molecule has 0 bridgehead atoms. The maximum Gasteiger partial charge on any atom is 0.189 e. The van der Waals surface area contributed by atoms with Gasteiger partial charge in [0.15, 0.2) is 13.1 Å². The van der Waals surface area contributed by atoms with E-state index in [9.17, 15) is 9.90 Å². The van der Waals surface area contributed by atoms with Gasteiger partial charge < -0.3 is 14.6 Å². The largest absolute Gasteiger partial charge is 0.507 e. The van der Waals surface area contributed by atoms with Crippen molar-refractivity contribution in [3.05, 3.63) is 59.7 Å². The van der Waals surface area contributed by atoms with Crippen molar-refractivity contribution in [2.24, 2.45) is 0 Å². The summed E-state index contributed by atoms with van der Waals surface area (Å²) >= 11 is 0. The van der Waals surface area contributed by atoms with Gasteiger partial charge >= 0.3 is 0 Å². The van der Waals surface area contributed by atoms with Gasteiger partial charge in [0.1, 0.15) is 11.5 Å². The van der Waals surface area contributed by atoms with Gasteiger partial charge in [0, 0.05) is 6.07 Å². The molecule has 4 nitrogen and oxygen atoms in total. The van der Waals surface area contributed by atoms with Gasteiger partial charge in [-0.3, -0.25) is 4.79 Å². The van der Waals surface area contributed by atoms with E-state index < -0.39 is 0 Å². The van der Waals surface area contributed by atoms with E-state index in [0.717, 1.165) is 5.56 Å². The molecule has 98 valence electrons. The first-order valence-electron chi connectivity index (χ1n) is 5.82. The fourth-order valence-electron chi connectivity index (χ4n) is 1.56. The summed E-state index contributed by atoms with van der Waals surface area (Å²) < 4.78 is 10.7. The number of aromatic hydroxyl groups is 1. The number of hydrogen-bond donors (Lipinski definition) is 1. The molecule has 0 aliphatic heterocycles. The molecule has 0 amide bonds. The lowest BCUT2D eigenvalue weighted by Crippen LogP contribution is -2.03. The highest BCUT2D eigenvalue weighted by molar-refractivity contribution is 5.79. The molecule has 0 fully saturated rings. The van der Waals surface area contributed by atoms with Crippen molar-refractivity contribution < 1.29 is 19.4 Å². The highest BCUT2D eigenvalue weighted by atomic mass is 16.7. The van der Waals surface area contributed by atoms with Crippen LogP contribution in [0.2, 0.25) is 0 Å². The van der Waals surface area contributed by atoms with Crippen LogP contribution in [0.1, 0.15) is 15.9 Å². The molecular weight excluding hydrogens is 244 g/mol. The Hall–Kier alpha value is -2.33. The Morgan fingerprint density at radius 2 is 1.89 bits per heavy atom. The van der Waals surface area contributed by atoms with E-state index in [1.807, 2.05) is 30.3 Å². The molecule has 2 aromatic rings. The normalized spacial score (nSPS) is 10.1. The average molecular weight is 258 g/mol. The number of hydrogen-bond acceptors (Lipinski definition) is 4. The van der Waals surface area contributed by atoms with Crippen LogP contribution >= 0.6 is 0 Å². The quantitative estimate of drug-likeness (QED) is 0.491. The van der Waals surface area contributed by atoms with Crippen LogP contribution in [0, 0.1) is 0 Å². The van der Waals surface area contributed by atoms with E-state index in [1.54, 1.807) is 6.07 Å². The second-order valence-electron chi connectivity index (χ2n) is 3.93. The third-order valence-electron chi connectivity index (χ3n) is 2.55. The van der Waals surface area contributed by atoms with Crippen LogP contribution in [0.3, 0.4) is 0 Å². The molecule has 0 spiro atoms. The zero-order chi connectivity index (χ0) is 13.5. The Morgan fingerprint density at radius 1 is 1.11 bits per heavy atom. The summed E-state index contributed by atoms with van der Waals surface area (Å²) in [4.78, 5) is 10.5. The molecule has 2 rings (SSSR count). The highest BCUT2D eigenvalue weighted by Crippen LogP contribution is 2.22. The third kappa shape index (κ3) is 3.82. The van der Waals surface area contributed by atoms with E-state index in [1.165, 1.54) is 12.1 Å². The topological polar surface area (TPSA) is 55.8 Å². The summed E-state index contributed by atoms with van der Waals surface area (Å²) in [6.45, 7) is 0.536. The van der Waals surface area contributed by atoms with E-state index in [-0.39, 0.29) is 18.1 Å². The van der Waals surface area contributed by atoms with Gasteiger partial charge in [-0.05, 0) is 17.7 Å². The molecule has 19 heavy (non-hydrogen) atoms. The summed E-state index contributed by atoms with van der Waals surface area (Å²) in [7, 11) is 0. The Kier molecular flexibility index (Phi) is 4.53. The number of phenols is 1. The van der Waals surface area contributed by atoms with Gasteiger partial charge in [-0.2, -0.15) is 0 Å². The number of rotatable bonds is 6.